The average Bonchev–Trinajstić information content (AvgIpc) is 2.57. The quantitative estimate of drug-likeness (QED) is 0.747. The monoisotopic (exact) mass is 337 g/mol. The summed E-state index contributed by atoms with van der Waals surface area (Å²) in [4.78, 5) is 23.6. The Hall–Kier alpha value is -2.31. The molecular weight excluding hydrogens is 313 g/mol. The second-order valence-corrected chi connectivity index (χ2v) is 5.88. The molecule has 0 atom stereocenters. The third-order valence-corrected chi connectivity index (χ3v) is 4.02. The Morgan fingerprint density at radius 1 is 1.25 bits per heavy atom. The Bertz CT molecular complexity index is 574. The number of carbonyl (C=O) groups excluding carboxylic acids is 2. The molecule has 1 saturated carbocycles. The van der Waals surface area contributed by atoms with Crippen LogP contribution in [-0.2, 0) is 4.79 Å². The fourth-order valence-corrected chi connectivity index (χ4v) is 2.75. The molecule has 3 N–H and O–H groups in total. The predicted molar refractivity (Wildman–Crippen MR) is 89.6 cm³/mol. The minimum absolute atomic E-state index is 0.0503. The molecule has 1 aliphatic carbocycles. The number of amides is 3. The van der Waals surface area contributed by atoms with Crippen LogP contribution >= 0.6 is 0 Å². The van der Waals surface area contributed by atoms with Crippen LogP contribution in [-0.4, -0.2) is 31.6 Å². The number of hydrogen-bond acceptors (Lipinski definition) is 3. The highest BCUT2D eigenvalue weighted by atomic mass is 19.1. The molecule has 7 heteroatoms. The Morgan fingerprint density at radius 2 is 2.00 bits per heavy atom. The van der Waals surface area contributed by atoms with E-state index in [9.17, 15) is 14.0 Å². The molecule has 0 bridgehead atoms. The van der Waals surface area contributed by atoms with Gasteiger partial charge < -0.3 is 20.7 Å². The highest BCUT2D eigenvalue weighted by Gasteiger charge is 2.15. The Kier molecular flexibility index (Phi) is 6.84. The third-order valence-electron chi connectivity index (χ3n) is 4.02. The van der Waals surface area contributed by atoms with Gasteiger partial charge in [-0.05, 0) is 25.0 Å². The molecule has 0 heterocycles. The molecule has 0 radical (unpaired) electrons. The van der Waals surface area contributed by atoms with Gasteiger partial charge >= 0.3 is 6.03 Å². The summed E-state index contributed by atoms with van der Waals surface area (Å²) in [6, 6.07) is 3.87. The molecule has 0 aromatic heterocycles. The zero-order valence-electron chi connectivity index (χ0n) is 13.9. The van der Waals surface area contributed by atoms with E-state index in [1.54, 1.807) is 0 Å². The lowest BCUT2D eigenvalue weighted by Gasteiger charge is -2.22. The predicted octanol–water partition coefficient (Wildman–Crippen LogP) is 2.79. The van der Waals surface area contributed by atoms with Crippen LogP contribution in [0.3, 0.4) is 0 Å². The van der Waals surface area contributed by atoms with Gasteiger partial charge in [-0.15, -0.1) is 0 Å². The minimum Gasteiger partial charge on any atom is -0.494 e. The Labute approximate surface area is 141 Å². The van der Waals surface area contributed by atoms with E-state index >= 15 is 0 Å². The minimum atomic E-state index is -0.497. The van der Waals surface area contributed by atoms with E-state index in [1.165, 1.54) is 31.7 Å². The zero-order chi connectivity index (χ0) is 17.4. The van der Waals surface area contributed by atoms with Gasteiger partial charge in [-0.1, -0.05) is 19.3 Å². The number of anilines is 1. The summed E-state index contributed by atoms with van der Waals surface area (Å²) in [6.45, 7) is 0.239. The first-order valence-electron chi connectivity index (χ1n) is 8.26. The highest BCUT2D eigenvalue weighted by molar-refractivity contribution is 5.89. The molecule has 0 unspecified atom stereocenters. The zero-order valence-corrected chi connectivity index (χ0v) is 13.9. The Balaban J connectivity index is 1.68. The van der Waals surface area contributed by atoms with Crippen molar-refractivity contribution in [3.8, 4) is 5.75 Å². The third kappa shape index (κ3) is 5.72. The number of methoxy groups -OCH3 is 1. The second kappa shape index (κ2) is 9.10. The second-order valence-electron chi connectivity index (χ2n) is 5.88. The summed E-state index contributed by atoms with van der Waals surface area (Å²) in [5, 5.41) is 8.17. The van der Waals surface area contributed by atoms with Crippen molar-refractivity contribution in [1.29, 1.82) is 0 Å². The summed E-state index contributed by atoms with van der Waals surface area (Å²) in [6.07, 6.45) is 5.86. The number of halogens is 1. The number of hydrogen-bond donors (Lipinski definition) is 3. The van der Waals surface area contributed by atoms with Crippen molar-refractivity contribution in [2.75, 3.05) is 19.0 Å². The molecule has 132 valence electrons. The summed E-state index contributed by atoms with van der Waals surface area (Å²) < 4.78 is 18.1. The molecule has 1 aromatic carbocycles. The van der Waals surface area contributed by atoms with Crippen LogP contribution in [0.15, 0.2) is 18.2 Å². The molecular formula is C17H24FN3O3. The lowest BCUT2D eigenvalue weighted by Crippen LogP contribution is -2.38. The van der Waals surface area contributed by atoms with Crippen LogP contribution in [0.25, 0.3) is 0 Å². The normalized spacial score (nSPS) is 14.8. The molecule has 24 heavy (non-hydrogen) atoms. The first kappa shape index (κ1) is 18.0. The summed E-state index contributed by atoms with van der Waals surface area (Å²) in [5.74, 6) is -0.492. The topological polar surface area (TPSA) is 79.5 Å². The Morgan fingerprint density at radius 3 is 2.71 bits per heavy atom. The van der Waals surface area contributed by atoms with E-state index in [0.29, 0.717) is 5.69 Å². The number of ether oxygens (including phenoxy) is 1. The number of benzene rings is 1. The number of nitrogens with one attached hydrogen (secondary N) is 3. The van der Waals surface area contributed by atoms with E-state index in [0.717, 1.165) is 25.7 Å². The first-order chi connectivity index (χ1) is 11.6. The fourth-order valence-electron chi connectivity index (χ4n) is 2.75. The van der Waals surface area contributed by atoms with Crippen molar-refractivity contribution in [2.24, 2.45) is 0 Å². The van der Waals surface area contributed by atoms with E-state index in [1.807, 2.05) is 0 Å². The summed E-state index contributed by atoms with van der Waals surface area (Å²) in [7, 11) is 1.35. The van der Waals surface area contributed by atoms with Gasteiger partial charge in [-0.3, -0.25) is 4.79 Å². The molecule has 3 amide bonds. The summed E-state index contributed by atoms with van der Waals surface area (Å²) in [5.41, 5.74) is 0.414. The number of urea groups is 1. The van der Waals surface area contributed by atoms with Crippen LogP contribution in [0.5, 0.6) is 5.75 Å². The van der Waals surface area contributed by atoms with Gasteiger partial charge in [0.05, 0.1) is 7.11 Å². The van der Waals surface area contributed by atoms with Crippen molar-refractivity contribution in [1.82, 2.24) is 10.6 Å². The SMILES string of the molecule is COc1cc(NC(=O)NCCC(=O)NC2CCCCC2)ccc1F. The van der Waals surface area contributed by atoms with Gasteiger partial charge in [0.25, 0.3) is 0 Å². The van der Waals surface area contributed by atoms with Gasteiger partial charge in [-0.2, -0.15) is 0 Å². The molecule has 1 aliphatic rings. The smallest absolute Gasteiger partial charge is 0.319 e. The molecule has 2 rings (SSSR count). The maximum Gasteiger partial charge on any atom is 0.319 e. The van der Waals surface area contributed by atoms with Crippen LogP contribution < -0.4 is 20.7 Å². The lowest BCUT2D eigenvalue weighted by molar-refractivity contribution is -0.121. The van der Waals surface area contributed by atoms with Gasteiger partial charge in [0.2, 0.25) is 5.91 Å². The lowest BCUT2D eigenvalue weighted by atomic mass is 9.95. The molecule has 6 nitrogen and oxygen atoms in total. The largest absolute Gasteiger partial charge is 0.494 e. The summed E-state index contributed by atoms with van der Waals surface area (Å²) >= 11 is 0. The maximum absolute atomic E-state index is 13.3. The molecule has 0 aliphatic heterocycles. The van der Waals surface area contributed by atoms with Gasteiger partial charge in [0.15, 0.2) is 11.6 Å². The van der Waals surface area contributed by atoms with Crippen LogP contribution in [0.1, 0.15) is 38.5 Å². The molecule has 1 aromatic rings. The van der Waals surface area contributed by atoms with Crippen molar-refractivity contribution in [3.05, 3.63) is 24.0 Å². The van der Waals surface area contributed by atoms with Crippen molar-refractivity contribution < 1.29 is 18.7 Å². The van der Waals surface area contributed by atoms with E-state index < -0.39 is 11.8 Å². The number of rotatable bonds is 6. The number of carbonyl (C=O) groups is 2. The van der Waals surface area contributed by atoms with E-state index in [2.05, 4.69) is 16.0 Å². The van der Waals surface area contributed by atoms with Crippen molar-refractivity contribution in [3.63, 3.8) is 0 Å². The fraction of sp³-hybridized carbons (Fsp3) is 0.529. The molecule has 0 spiro atoms. The van der Waals surface area contributed by atoms with E-state index in [-0.39, 0.29) is 30.7 Å². The van der Waals surface area contributed by atoms with Gasteiger partial charge in [0.1, 0.15) is 0 Å². The molecule has 1 fully saturated rings. The molecule has 0 saturated heterocycles. The van der Waals surface area contributed by atoms with Gasteiger partial charge in [-0.25, -0.2) is 9.18 Å². The average molecular weight is 337 g/mol. The maximum atomic E-state index is 13.3. The highest BCUT2D eigenvalue weighted by Crippen LogP contribution is 2.21. The van der Waals surface area contributed by atoms with Gasteiger partial charge in [0, 0.05) is 30.8 Å². The standard InChI is InChI=1S/C17H24FN3O3/c1-24-15-11-13(7-8-14(15)18)21-17(23)19-10-9-16(22)20-12-5-3-2-4-6-12/h7-8,11-12H,2-6,9-10H2,1H3,(H,20,22)(H2,19,21,23). The van der Waals surface area contributed by atoms with Crippen molar-refractivity contribution in [2.45, 2.75) is 44.6 Å². The van der Waals surface area contributed by atoms with Crippen LogP contribution in [0.4, 0.5) is 14.9 Å². The first-order valence-corrected chi connectivity index (χ1v) is 8.26. The van der Waals surface area contributed by atoms with Crippen LogP contribution in [0.2, 0.25) is 0 Å². The van der Waals surface area contributed by atoms with Crippen molar-refractivity contribution >= 4 is 17.6 Å². The van der Waals surface area contributed by atoms with Crippen LogP contribution in [0, 0.1) is 5.82 Å². The van der Waals surface area contributed by atoms with E-state index in [4.69, 9.17) is 4.74 Å².